The zero-order chi connectivity index (χ0) is 15.7. The highest BCUT2D eigenvalue weighted by atomic mass is 16.5. The Morgan fingerprint density at radius 3 is 2.62 bits per heavy atom. The number of carbonyl (C=O) groups excluding carboxylic acids is 1. The number of nitrogens with zero attached hydrogens (tertiary/aromatic N) is 1. The number of amides is 1. The maximum atomic E-state index is 11.7. The molecule has 0 spiro atoms. The summed E-state index contributed by atoms with van der Waals surface area (Å²) >= 11 is 0. The maximum absolute atomic E-state index is 11.7. The average molecular weight is 299 g/mol. The fourth-order valence-electron chi connectivity index (χ4n) is 2.97. The third-order valence-electron chi connectivity index (χ3n) is 4.57. The van der Waals surface area contributed by atoms with E-state index in [9.17, 15) is 4.79 Å². The fourth-order valence-corrected chi connectivity index (χ4v) is 2.97. The van der Waals surface area contributed by atoms with Crippen molar-refractivity contribution in [3.05, 3.63) is 0 Å². The van der Waals surface area contributed by atoms with Crippen LogP contribution in [0.3, 0.4) is 0 Å². The van der Waals surface area contributed by atoms with Crippen LogP contribution < -0.4 is 11.1 Å². The third-order valence-corrected chi connectivity index (χ3v) is 4.57. The molecule has 1 aliphatic rings. The third kappa shape index (κ3) is 6.32. The second kappa shape index (κ2) is 9.38. The van der Waals surface area contributed by atoms with E-state index in [1.165, 1.54) is 12.8 Å². The summed E-state index contributed by atoms with van der Waals surface area (Å²) in [5, 5.41) is 3.30. The molecular weight excluding hydrogens is 266 g/mol. The van der Waals surface area contributed by atoms with Gasteiger partial charge in [0, 0.05) is 13.7 Å². The van der Waals surface area contributed by atoms with Crippen LogP contribution in [0.15, 0.2) is 0 Å². The lowest BCUT2D eigenvalue weighted by Crippen LogP contribution is -2.53. The number of carbonyl (C=O) groups is 1. The molecular formula is C16H33N3O2. The first-order valence-electron chi connectivity index (χ1n) is 8.28. The van der Waals surface area contributed by atoms with Crippen LogP contribution in [0.2, 0.25) is 0 Å². The summed E-state index contributed by atoms with van der Waals surface area (Å²) in [6.45, 7) is 9.08. The quantitative estimate of drug-likeness (QED) is 0.639. The van der Waals surface area contributed by atoms with Crippen molar-refractivity contribution < 1.29 is 9.53 Å². The van der Waals surface area contributed by atoms with Gasteiger partial charge in [0.25, 0.3) is 0 Å². The summed E-state index contributed by atoms with van der Waals surface area (Å²) < 4.78 is 5.23. The van der Waals surface area contributed by atoms with Crippen molar-refractivity contribution in [3.63, 3.8) is 0 Å². The molecule has 1 atom stereocenters. The van der Waals surface area contributed by atoms with Crippen LogP contribution in [0.25, 0.3) is 0 Å². The summed E-state index contributed by atoms with van der Waals surface area (Å²) in [6, 6.07) is 0. The molecule has 5 heteroatoms. The van der Waals surface area contributed by atoms with Crippen LogP contribution >= 0.6 is 0 Å². The van der Waals surface area contributed by atoms with Crippen LogP contribution in [0.5, 0.6) is 0 Å². The van der Waals surface area contributed by atoms with E-state index in [0.717, 1.165) is 52.0 Å². The van der Waals surface area contributed by atoms with Crippen LogP contribution in [-0.4, -0.2) is 56.2 Å². The molecule has 1 saturated heterocycles. The molecule has 0 saturated carbocycles. The Morgan fingerprint density at radius 1 is 1.43 bits per heavy atom. The molecule has 0 aromatic rings. The molecule has 0 aromatic heterocycles. The Hall–Kier alpha value is -0.650. The van der Waals surface area contributed by atoms with Crippen molar-refractivity contribution >= 4 is 5.91 Å². The minimum absolute atomic E-state index is 0.241. The first-order chi connectivity index (χ1) is 10.0. The second-order valence-corrected chi connectivity index (χ2v) is 6.47. The molecule has 124 valence electrons. The highest BCUT2D eigenvalue weighted by molar-refractivity contribution is 5.84. The van der Waals surface area contributed by atoms with Crippen molar-refractivity contribution in [2.75, 3.05) is 39.9 Å². The number of piperidine rings is 1. The first kappa shape index (κ1) is 18.4. The van der Waals surface area contributed by atoms with Gasteiger partial charge in [0.1, 0.15) is 0 Å². The SMILES string of the molecule is CCCNC(C)(CCCN1CCC(COC)CC1)C(N)=O. The van der Waals surface area contributed by atoms with Crippen molar-refractivity contribution in [1.82, 2.24) is 10.2 Å². The number of likely N-dealkylation sites (tertiary alicyclic amines) is 1. The molecule has 3 N–H and O–H groups in total. The molecule has 0 bridgehead atoms. The van der Waals surface area contributed by atoms with E-state index in [2.05, 4.69) is 17.1 Å². The smallest absolute Gasteiger partial charge is 0.237 e. The van der Waals surface area contributed by atoms with Gasteiger partial charge in [-0.25, -0.2) is 0 Å². The van der Waals surface area contributed by atoms with Crippen molar-refractivity contribution in [1.29, 1.82) is 0 Å². The summed E-state index contributed by atoms with van der Waals surface area (Å²) in [6.07, 6.45) is 5.26. The predicted octanol–water partition coefficient (Wildman–Crippen LogP) is 1.37. The lowest BCUT2D eigenvalue weighted by molar-refractivity contribution is -0.124. The molecule has 5 nitrogen and oxygen atoms in total. The van der Waals surface area contributed by atoms with Crippen LogP contribution in [0.1, 0.15) is 46.0 Å². The van der Waals surface area contributed by atoms with Gasteiger partial charge in [-0.1, -0.05) is 6.92 Å². The predicted molar refractivity (Wildman–Crippen MR) is 86.2 cm³/mol. The lowest BCUT2D eigenvalue weighted by Gasteiger charge is -2.33. The van der Waals surface area contributed by atoms with Gasteiger partial charge in [-0.2, -0.15) is 0 Å². The number of rotatable bonds is 10. The van der Waals surface area contributed by atoms with Gasteiger partial charge in [0.2, 0.25) is 5.91 Å². The topological polar surface area (TPSA) is 67.6 Å². The van der Waals surface area contributed by atoms with Crippen LogP contribution in [0.4, 0.5) is 0 Å². The maximum Gasteiger partial charge on any atom is 0.237 e. The molecule has 1 heterocycles. The lowest BCUT2D eigenvalue weighted by atomic mass is 9.93. The zero-order valence-electron chi connectivity index (χ0n) is 14.0. The van der Waals surface area contributed by atoms with Crippen molar-refractivity contribution in [2.24, 2.45) is 11.7 Å². The molecule has 1 rings (SSSR count). The molecule has 0 aromatic carbocycles. The Morgan fingerprint density at radius 2 is 2.10 bits per heavy atom. The van der Waals surface area contributed by atoms with Gasteiger partial charge < -0.3 is 20.7 Å². The first-order valence-corrected chi connectivity index (χ1v) is 8.28. The van der Waals surface area contributed by atoms with Crippen molar-refractivity contribution in [3.8, 4) is 0 Å². The number of nitrogens with one attached hydrogen (secondary N) is 1. The summed E-state index contributed by atoms with van der Waals surface area (Å²) in [7, 11) is 1.78. The Balaban J connectivity index is 2.27. The Kier molecular flexibility index (Phi) is 8.22. The van der Waals surface area contributed by atoms with Gasteiger partial charge in [-0.3, -0.25) is 4.79 Å². The van der Waals surface area contributed by atoms with Crippen molar-refractivity contribution in [2.45, 2.75) is 51.5 Å². The fraction of sp³-hybridized carbons (Fsp3) is 0.938. The Bertz CT molecular complexity index is 304. The standard InChI is InChI=1S/C16H33N3O2/c1-4-9-18-16(2,15(17)20)8-5-10-19-11-6-14(7-12-19)13-21-3/h14,18H,4-13H2,1-3H3,(H2,17,20). The van der Waals surface area contributed by atoms with Crippen LogP contribution in [0, 0.1) is 5.92 Å². The van der Waals surface area contributed by atoms with E-state index in [4.69, 9.17) is 10.5 Å². The highest BCUT2D eigenvalue weighted by Gasteiger charge is 2.29. The van der Waals surface area contributed by atoms with Gasteiger partial charge >= 0.3 is 0 Å². The van der Waals surface area contributed by atoms with Gasteiger partial charge in [0.05, 0.1) is 5.54 Å². The number of methoxy groups -OCH3 is 1. The molecule has 0 radical (unpaired) electrons. The number of ether oxygens (including phenoxy) is 1. The van der Waals surface area contributed by atoms with E-state index in [1.807, 2.05) is 6.92 Å². The monoisotopic (exact) mass is 299 g/mol. The summed E-state index contributed by atoms with van der Waals surface area (Å²) in [4.78, 5) is 14.1. The number of primary amides is 1. The van der Waals surface area contributed by atoms with Crippen LogP contribution in [-0.2, 0) is 9.53 Å². The van der Waals surface area contributed by atoms with Gasteiger partial charge in [-0.15, -0.1) is 0 Å². The molecule has 0 aliphatic carbocycles. The molecule has 1 aliphatic heterocycles. The number of hydrogen-bond acceptors (Lipinski definition) is 4. The van der Waals surface area contributed by atoms with Gasteiger partial charge in [-0.05, 0) is 71.1 Å². The van der Waals surface area contributed by atoms with E-state index >= 15 is 0 Å². The van der Waals surface area contributed by atoms with Gasteiger partial charge in [0.15, 0.2) is 0 Å². The van der Waals surface area contributed by atoms with E-state index in [-0.39, 0.29) is 5.91 Å². The largest absolute Gasteiger partial charge is 0.384 e. The molecule has 21 heavy (non-hydrogen) atoms. The Labute approximate surface area is 129 Å². The molecule has 1 unspecified atom stereocenters. The average Bonchev–Trinajstić information content (AvgIpc) is 2.47. The molecule has 1 fully saturated rings. The summed E-state index contributed by atoms with van der Waals surface area (Å²) in [5.74, 6) is 0.475. The highest BCUT2D eigenvalue weighted by Crippen LogP contribution is 2.19. The normalized spacial score (nSPS) is 20.3. The summed E-state index contributed by atoms with van der Waals surface area (Å²) in [5.41, 5.74) is 4.99. The minimum Gasteiger partial charge on any atom is -0.384 e. The van der Waals surface area contributed by atoms with E-state index in [1.54, 1.807) is 7.11 Å². The molecule has 1 amide bonds. The number of nitrogens with two attached hydrogens (primary N) is 1. The van der Waals surface area contributed by atoms with E-state index < -0.39 is 5.54 Å². The number of hydrogen-bond donors (Lipinski definition) is 2. The minimum atomic E-state index is -0.565. The van der Waals surface area contributed by atoms with E-state index in [0.29, 0.717) is 5.92 Å². The second-order valence-electron chi connectivity index (χ2n) is 6.47. The zero-order valence-corrected chi connectivity index (χ0v) is 14.0.